The summed E-state index contributed by atoms with van der Waals surface area (Å²) in [4.78, 5) is 54.8. The minimum Gasteiger partial charge on any atom is -0.379 e. The zero-order valence-corrected chi connectivity index (χ0v) is 35.5. The summed E-state index contributed by atoms with van der Waals surface area (Å²) < 4.78 is 65.0. The monoisotopic (exact) mass is 920 g/mol. The lowest BCUT2D eigenvalue weighted by atomic mass is 10.3. The third-order valence-electron chi connectivity index (χ3n) is 9.46. The van der Waals surface area contributed by atoms with Crippen LogP contribution in [-0.4, -0.2) is 77.7 Å². The van der Waals surface area contributed by atoms with Gasteiger partial charge in [-0.25, -0.2) is 19.9 Å². The molecule has 6 aromatic heterocycles. The van der Waals surface area contributed by atoms with E-state index in [1.165, 1.54) is 60.9 Å². The van der Waals surface area contributed by atoms with E-state index in [-0.39, 0.29) is 44.8 Å². The van der Waals surface area contributed by atoms with Gasteiger partial charge in [-0.2, -0.15) is 16.8 Å². The molecule has 22 heteroatoms. The molecular formula is C44H32N12O8S2. The van der Waals surface area contributed by atoms with Crippen molar-refractivity contribution in [3.8, 4) is 22.9 Å². The number of carbonyl (C=O) groups excluding carboxylic acids is 2. The van der Waals surface area contributed by atoms with E-state index in [1.54, 1.807) is 120 Å². The number of imidazole rings is 4. The lowest BCUT2D eigenvalue weighted by molar-refractivity contribution is 0.101. The van der Waals surface area contributed by atoms with Crippen molar-refractivity contribution in [1.29, 1.82) is 0 Å². The van der Waals surface area contributed by atoms with Gasteiger partial charge in [0.05, 0.1) is 40.3 Å². The molecule has 0 atom stereocenters. The number of hydrogen-bond donors (Lipinski definition) is 4. The number of hydrogen-bond acceptors (Lipinski definition) is 14. The zero-order valence-electron chi connectivity index (χ0n) is 33.8. The number of pyridine rings is 2. The first kappa shape index (κ1) is 42.3. The summed E-state index contributed by atoms with van der Waals surface area (Å²) >= 11 is 0. The van der Waals surface area contributed by atoms with E-state index < -0.39 is 26.1 Å². The first-order valence-corrected chi connectivity index (χ1v) is 22.3. The van der Waals surface area contributed by atoms with Crippen molar-refractivity contribution in [3.05, 3.63) is 183 Å². The van der Waals surface area contributed by atoms with Crippen LogP contribution in [0.1, 0.15) is 20.8 Å². The Labute approximate surface area is 374 Å². The Bertz CT molecular complexity index is 3300. The molecular weight excluding hydrogens is 889 g/mol. The van der Waals surface area contributed by atoms with Gasteiger partial charge in [0.25, 0.3) is 11.8 Å². The van der Waals surface area contributed by atoms with Gasteiger partial charge < -0.3 is 27.5 Å². The van der Waals surface area contributed by atoms with Gasteiger partial charge in [-0.05, 0) is 97.1 Å². The van der Waals surface area contributed by atoms with E-state index in [9.17, 15) is 26.4 Å². The topological polar surface area (TPSA) is 264 Å². The molecule has 0 aliphatic rings. The van der Waals surface area contributed by atoms with Crippen LogP contribution < -0.4 is 19.0 Å². The van der Waals surface area contributed by atoms with Crippen LogP contribution in [0.5, 0.6) is 11.5 Å². The Morgan fingerprint density at radius 1 is 0.545 bits per heavy atom. The highest BCUT2D eigenvalue weighted by molar-refractivity contribution is 7.87. The van der Waals surface area contributed by atoms with Crippen LogP contribution in [-0.2, 0) is 20.2 Å². The van der Waals surface area contributed by atoms with Crippen LogP contribution in [0.25, 0.3) is 33.4 Å². The van der Waals surface area contributed by atoms with Crippen LogP contribution in [0, 0.1) is 0 Å². The zero-order chi connectivity index (χ0) is 45.7. The van der Waals surface area contributed by atoms with Gasteiger partial charge >= 0.3 is 20.2 Å². The molecule has 0 fully saturated rings. The molecule has 0 bridgehead atoms. The molecule has 4 aromatic carbocycles. The largest absolute Gasteiger partial charge is 0.379 e. The number of anilines is 2. The second kappa shape index (κ2) is 18.0. The predicted molar refractivity (Wildman–Crippen MR) is 239 cm³/mol. The Kier molecular flexibility index (Phi) is 11.5. The highest BCUT2D eigenvalue weighted by Crippen LogP contribution is 2.27. The normalized spacial score (nSPS) is 11.4. The average molecular weight is 921 g/mol. The molecule has 0 unspecified atom stereocenters. The van der Waals surface area contributed by atoms with Crippen molar-refractivity contribution in [2.45, 2.75) is 9.79 Å². The Hall–Kier alpha value is -9.02. The molecule has 10 rings (SSSR count). The van der Waals surface area contributed by atoms with Crippen molar-refractivity contribution in [3.63, 3.8) is 0 Å². The Morgan fingerprint density at radius 2 is 1.08 bits per heavy atom. The maximum absolute atomic E-state index is 12.7. The lowest BCUT2D eigenvalue weighted by Gasteiger charge is -2.08. The predicted octanol–water partition coefficient (Wildman–Crippen LogP) is 6.33. The number of aromatic amines is 2. The minimum atomic E-state index is -4.05. The summed E-state index contributed by atoms with van der Waals surface area (Å²) in [5.41, 5.74) is 4.22. The maximum atomic E-state index is 12.7. The first-order valence-electron chi connectivity index (χ1n) is 19.4. The second-order valence-electron chi connectivity index (χ2n) is 13.9. The summed E-state index contributed by atoms with van der Waals surface area (Å²) in [5, 5.41) is 5.27. The van der Waals surface area contributed by atoms with Gasteiger partial charge in [-0.15, -0.1) is 0 Å². The summed E-state index contributed by atoms with van der Waals surface area (Å²) in [6.07, 6.45) is 14.5. The van der Waals surface area contributed by atoms with E-state index >= 15 is 0 Å². The SMILES string of the molecule is O=C(Nc1nc2ccc(OS(=O)(=O)c3ccc(-n4ccnc4)cc3)cc2[nH]1)c1ccccn1.O=C(Nc1nc2ccc(OS(=O)(=O)c3ccc(-n4ccnc4)cc3)cc2[nH]1)c1cccnc1. The summed E-state index contributed by atoms with van der Waals surface area (Å²) in [5.74, 6) is -0.166. The number of nitrogens with zero attached hydrogens (tertiary/aromatic N) is 8. The molecule has 328 valence electrons. The van der Waals surface area contributed by atoms with Gasteiger partial charge in [0.2, 0.25) is 11.9 Å². The molecule has 0 spiro atoms. The number of rotatable bonds is 12. The molecule has 0 radical (unpaired) electrons. The molecule has 2 amide bonds. The van der Waals surface area contributed by atoms with Gasteiger partial charge in [-0.3, -0.25) is 30.2 Å². The summed E-state index contributed by atoms with van der Waals surface area (Å²) in [6, 6.07) is 29.9. The molecule has 6 heterocycles. The molecule has 0 saturated carbocycles. The van der Waals surface area contributed by atoms with Crippen LogP contribution in [0.15, 0.2) is 181 Å². The molecule has 10 aromatic rings. The van der Waals surface area contributed by atoms with Gasteiger partial charge in [-0.1, -0.05) is 6.07 Å². The van der Waals surface area contributed by atoms with Crippen molar-refractivity contribution < 1.29 is 34.8 Å². The number of aromatic nitrogens is 10. The van der Waals surface area contributed by atoms with E-state index in [0.717, 1.165) is 11.4 Å². The van der Waals surface area contributed by atoms with Crippen molar-refractivity contribution >= 4 is 66.0 Å². The fourth-order valence-corrected chi connectivity index (χ4v) is 8.13. The van der Waals surface area contributed by atoms with Crippen LogP contribution in [0.4, 0.5) is 11.9 Å². The fraction of sp³-hybridized carbons (Fsp3) is 0. The van der Waals surface area contributed by atoms with E-state index in [2.05, 4.69) is 50.5 Å². The average Bonchev–Trinajstić information content (AvgIpc) is 4.18. The van der Waals surface area contributed by atoms with Crippen molar-refractivity contribution in [2.24, 2.45) is 0 Å². The number of H-pyrrole nitrogens is 2. The molecule has 4 N–H and O–H groups in total. The molecule has 66 heavy (non-hydrogen) atoms. The molecule has 0 saturated heterocycles. The highest BCUT2D eigenvalue weighted by atomic mass is 32.2. The third-order valence-corrected chi connectivity index (χ3v) is 12.0. The smallest absolute Gasteiger partial charge is 0.339 e. The van der Waals surface area contributed by atoms with E-state index in [1.807, 2.05) is 0 Å². The van der Waals surface area contributed by atoms with Crippen molar-refractivity contribution in [1.82, 2.24) is 49.0 Å². The molecule has 0 aliphatic carbocycles. The van der Waals surface area contributed by atoms with Gasteiger partial charge in [0.1, 0.15) is 27.0 Å². The van der Waals surface area contributed by atoms with E-state index in [4.69, 9.17) is 8.37 Å². The van der Waals surface area contributed by atoms with Gasteiger partial charge in [0.15, 0.2) is 0 Å². The standard InChI is InChI=1S/2C22H16N6O4S/c29-21(15-2-1-9-23-13-15)27-22-25-19-8-5-17(12-20(19)26-22)32-33(30,31)18-6-3-16(4-7-18)28-11-10-24-14-28;29-21(19-3-1-2-10-24-19)27-22-25-18-9-6-16(13-20(18)26-22)32-33(30,31)17-7-4-15(5-8-17)28-12-11-23-14-28/h2*1-14H,(H2,25,26,27,29). The highest BCUT2D eigenvalue weighted by Gasteiger charge is 2.20. The number of carbonyl (C=O) groups is 2. The van der Waals surface area contributed by atoms with Crippen LogP contribution in [0.2, 0.25) is 0 Å². The Balaban J connectivity index is 0.000000166. The third kappa shape index (κ3) is 9.63. The fourth-order valence-electron chi connectivity index (χ4n) is 6.29. The summed E-state index contributed by atoms with van der Waals surface area (Å²) in [6.45, 7) is 0. The van der Waals surface area contributed by atoms with Crippen LogP contribution >= 0.6 is 0 Å². The first-order chi connectivity index (χ1) is 32.0. The maximum Gasteiger partial charge on any atom is 0.339 e. The van der Waals surface area contributed by atoms with E-state index in [0.29, 0.717) is 27.6 Å². The second-order valence-corrected chi connectivity index (χ2v) is 17.0. The lowest BCUT2D eigenvalue weighted by Crippen LogP contribution is -2.14. The number of benzene rings is 4. The molecule has 20 nitrogen and oxygen atoms in total. The van der Waals surface area contributed by atoms with Gasteiger partial charge in [0, 0.05) is 66.9 Å². The number of amides is 2. The Morgan fingerprint density at radius 3 is 1.53 bits per heavy atom. The summed E-state index contributed by atoms with van der Waals surface area (Å²) in [7, 11) is -8.10. The minimum absolute atomic E-state index is 0.0133. The number of fused-ring (bicyclic) bond motifs is 2. The van der Waals surface area contributed by atoms with Crippen LogP contribution in [0.3, 0.4) is 0 Å². The van der Waals surface area contributed by atoms with Crippen molar-refractivity contribution in [2.75, 3.05) is 10.6 Å². The quantitative estimate of drug-likeness (QED) is 0.0977. The number of nitrogens with one attached hydrogen (secondary N) is 4. The molecule has 0 aliphatic heterocycles.